The molecule has 0 aliphatic carbocycles. The number of hydrogen-bond donors (Lipinski definition) is 3. The van der Waals surface area contributed by atoms with Gasteiger partial charge in [0.05, 0.1) is 12.6 Å². The van der Waals surface area contributed by atoms with Crippen molar-refractivity contribution in [3.63, 3.8) is 0 Å². The fourth-order valence-corrected chi connectivity index (χ4v) is 2.81. The van der Waals surface area contributed by atoms with Crippen molar-refractivity contribution in [2.45, 2.75) is 26.9 Å². The Labute approximate surface area is 162 Å². The number of nitrogens with one attached hydrogen (secondary N) is 2. The molecule has 0 spiro atoms. The zero-order valence-corrected chi connectivity index (χ0v) is 16.5. The summed E-state index contributed by atoms with van der Waals surface area (Å²) in [5.41, 5.74) is 3.31. The van der Waals surface area contributed by atoms with Gasteiger partial charge in [-0.1, -0.05) is 12.1 Å². The van der Waals surface area contributed by atoms with Crippen molar-refractivity contribution < 1.29 is 5.11 Å². The van der Waals surface area contributed by atoms with Crippen LogP contribution < -0.4 is 15.5 Å². The first-order valence-electron chi connectivity index (χ1n) is 9.55. The summed E-state index contributed by atoms with van der Waals surface area (Å²) in [4.78, 5) is 10.8. The monoisotopic (exact) mass is 369 g/mol. The summed E-state index contributed by atoms with van der Waals surface area (Å²) in [5, 5.41) is 16.8. The molecule has 146 valence electrons. The van der Waals surface area contributed by atoms with E-state index in [1.807, 2.05) is 19.1 Å². The molecular formula is C21H31N5O. The molecule has 0 amide bonds. The van der Waals surface area contributed by atoms with E-state index < -0.39 is 6.10 Å². The number of aliphatic hydroxyl groups is 1. The summed E-state index contributed by atoms with van der Waals surface area (Å²) < 4.78 is 0. The van der Waals surface area contributed by atoms with Crippen molar-refractivity contribution in [1.29, 1.82) is 0 Å². The Hall–Kier alpha value is -2.60. The van der Waals surface area contributed by atoms with Crippen LogP contribution in [0.4, 0.5) is 5.69 Å². The molecule has 0 aliphatic heterocycles. The molecule has 1 heterocycles. The lowest BCUT2D eigenvalue weighted by molar-refractivity contribution is 0.187. The first kappa shape index (κ1) is 20.7. The number of nitrogens with zero attached hydrogens (tertiary/aromatic N) is 3. The first-order valence-corrected chi connectivity index (χ1v) is 9.55. The molecular weight excluding hydrogens is 338 g/mol. The maximum atomic E-state index is 10.3. The minimum atomic E-state index is -0.636. The van der Waals surface area contributed by atoms with Gasteiger partial charge in [0, 0.05) is 44.3 Å². The van der Waals surface area contributed by atoms with Gasteiger partial charge in [0.25, 0.3) is 0 Å². The van der Waals surface area contributed by atoms with Gasteiger partial charge in [-0.05, 0) is 56.2 Å². The average Bonchev–Trinajstić information content (AvgIpc) is 2.69. The minimum absolute atomic E-state index is 0.300. The van der Waals surface area contributed by atoms with Gasteiger partial charge in [-0.25, -0.2) is 0 Å². The highest BCUT2D eigenvalue weighted by molar-refractivity contribution is 5.79. The van der Waals surface area contributed by atoms with Crippen LogP contribution in [-0.4, -0.2) is 48.8 Å². The summed E-state index contributed by atoms with van der Waals surface area (Å²) in [6.07, 6.45) is 2.72. The Bertz CT molecular complexity index is 705. The van der Waals surface area contributed by atoms with Crippen LogP contribution in [0.15, 0.2) is 53.8 Å². The average molecular weight is 370 g/mol. The molecule has 6 nitrogen and oxygen atoms in total. The third-order valence-corrected chi connectivity index (χ3v) is 4.28. The van der Waals surface area contributed by atoms with Crippen molar-refractivity contribution in [3.8, 4) is 0 Å². The predicted octanol–water partition coefficient (Wildman–Crippen LogP) is 2.51. The molecule has 0 saturated carbocycles. The second-order valence-corrected chi connectivity index (χ2v) is 6.36. The van der Waals surface area contributed by atoms with Gasteiger partial charge in [-0.2, -0.15) is 0 Å². The summed E-state index contributed by atoms with van der Waals surface area (Å²) in [6, 6.07) is 12.2. The third-order valence-electron chi connectivity index (χ3n) is 4.28. The third kappa shape index (κ3) is 6.90. The van der Waals surface area contributed by atoms with Crippen LogP contribution in [0.25, 0.3) is 0 Å². The second-order valence-electron chi connectivity index (χ2n) is 6.36. The Balaban J connectivity index is 1.89. The molecule has 0 radical (unpaired) electrons. The number of aryl methyl sites for hydroxylation is 1. The summed E-state index contributed by atoms with van der Waals surface area (Å²) in [7, 11) is 0. The lowest BCUT2D eigenvalue weighted by atomic mass is 10.1. The molecule has 0 fully saturated rings. The molecule has 1 aromatic heterocycles. The van der Waals surface area contributed by atoms with E-state index in [4.69, 9.17) is 0 Å². The zero-order valence-electron chi connectivity index (χ0n) is 16.5. The number of hydrogen-bond acceptors (Lipinski definition) is 4. The van der Waals surface area contributed by atoms with E-state index >= 15 is 0 Å². The minimum Gasteiger partial charge on any atom is -0.386 e. The van der Waals surface area contributed by atoms with Crippen LogP contribution in [0.1, 0.15) is 31.1 Å². The number of aromatic nitrogens is 1. The van der Waals surface area contributed by atoms with Crippen LogP contribution in [0.2, 0.25) is 0 Å². The van der Waals surface area contributed by atoms with Gasteiger partial charge in [-0.3, -0.25) is 9.98 Å². The molecule has 27 heavy (non-hydrogen) atoms. The predicted molar refractivity (Wildman–Crippen MR) is 112 cm³/mol. The van der Waals surface area contributed by atoms with Crippen molar-refractivity contribution in [1.82, 2.24) is 15.6 Å². The molecule has 0 aliphatic rings. The van der Waals surface area contributed by atoms with E-state index in [0.717, 1.165) is 31.7 Å². The number of likely N-dealkylation sites (N-methyl/N-ethyl adjacent to an activating group) is 1. The number of aliphatic imine (C=N–C) groups is 1. The van der Waals surface area contributed by atoms with Gasteiger partial charge >= 0.3 is 0 Å². The van der Waals surface area contributed by atoms with Gasteiger partial charge < -0.3 is 20.6 Å². The van der Waals surface area contributed by atoms with E-state index in [9.17, 15) is 5.11 Å². The Morgan fingerprint density at radius 2 is 1.96 bits per heavy atom. The van der Waals surface area contributed by atoms with Crippen LogP contribution in [0, 0.1) is 6.92 Å². The number of aliphatic hydroxyl groups excluding tert-OH is 1. The lowest BCUT2D eigenvalue weighted by Crippen LogP contribution is -2.42. The molecule has 2 aromatic rings. The quantitative estimate of drug-likeness (QED) is 0.468. The van der Waals surface area contributed by atoms with Crippen LogP contribution in [0.5, 0.6) is 0 Å². The van der Waals surface area contributed by atoms with Crippen LogP contribution in [0.3, 0.4) is 0 Å². The number of anilines is 1. The van der Waals surface area contributed by atoms with Crippen LogP contribution >= 0.6 is 0 Å². The fourth-order valence-electron chi connectivity index (χ4n) is 2.81. The summed E-state index contributed by atoms with van der Waals surface area (Å²) >= 11 is 0. The second kappa shape index (κ2) is 11.2. The van der Waals surface area contributed by atoms with E-state index in [1.165, 1.54) is 11.3 Å². The van der Waals surface area contributed by atoms with E-state index in [2.05, 4.69) is 63.6 Å². The number of rotatable bonds is 9. The molecule has 1 unspecified atom stereocenters. The molecule has 0 bridgehead atoms. The van der Waals surface area contributed by atoms with Crippen molar-refractivity contribution in [2.75, 3.05) is 37.6 Å². The van der Waals surface area contributed by atoms with Crippen LogP contribution in [-0.2, 0) is 0 Å². The van der Waals surface area contributed by atoms with Crippen molar-refractivity contribution in [2.24, 2.45) is 4.99 Å². The van der Waals surface area contributed by atoms with Gasteiger partial charge in [0.1, 0.15) is 0 Å². The van der Waals surface area contributed by atoms with E-state index in [-0.39, 0.29) is 0 Å². The number of pyridine rings is 1. The van der Waals surface area contributed by atoms with Crippen molar-refractivity contribution in [3.05, 3.63) is 59.9 Å². The van der Waals surface area contributed by atoms with E-state index in [1.54, 1.807) is 12.4 Å². The van der Waals surface area contributed by atoms with Crippen molar-refractivity contribution >= 4 is 11.6 Å². The molecule has 1 aromatic carbocycles. The summed E-state index contributed by atoms with van der Waals surface area (Å²) in [6.45, 7) is 9.95. The molecule has 0 saturated heterocycles. The summed E-state index contributed by atoms with van der Waals surface area (Å²) in [5.74, 6) is 0.714. The Morgan fingerprint density at radius 1 is 1.19 bits per heavy atom. The van der Waals surface area contributed by atoms with Gasteiger partial charge in [0.2, 0.25) is 0 Å². The topological polar surface area (TPSA) is 72.8 Å². The molecule has 3 N–H and O–H groups in total. The molecule has 6 heteroatoms. The SMILES string of the molecule is CCNC(=NCC(O)c1ccncc1)NCCN(CC)c1cccc(C)c1. The maximum absolute atomic E-state index is 10.3. The standard InChI is InChI=1S/C21H31N5O/c1-4-23-21(25-16-20(27)18-9-11-22-12-10-18)24-13-14-26(5-2)19-8-6-7-17(3)15-19/h6-12,15,20,27H,4-5,13-14,16H2,1-3H3,(H2,23,24,25). The number of benzene rings is 1. The lowest BCUT2D eigenvalue weighted by Gasteiger charge is -2.24. The Kier molecular flexibility index (Phi) is 8.58. The first-order chi connectivity index (χ1) is 13.1. The highest BCUT2D eigenvalue weighted by atomic mass is 16.3. The molecule has 2 rings (SSSR count). The maximum Gasteiger partial charge on any atom is 0.191 e. The largest absolute Gasteiger partial charge is 0.386 e. The smallest absolute Gasteiger partial charge is 0.191 e. The number of guanidine groups is 1. The van der Waals surface area contributed by atoms with Gasteiger partial charge in [-0.15, -0.1) is 0 Å². The zero-order chi connectivity index (χ0) is 19.5. The fraction of sp³-hybridized carbons (Fsp3) is 0.429. The van der Waals surface area contributed by atoms with E-state index in [0.29, 0.717) is 12.5 Å². The highest BCUT2D eigenvalue weighted by Crippen LogP contribution is 2.15. The molecule has 1 atom stereocenters. The highest BCUT2D eigenvalue weighted by Gasteiger charge is 2.08. The Morgan fingerprint density at radius 3 is 2.63 bits per heavy atom. The van der Waals surface area contributed by atoms with Gasteiger partial charge in [0.15, 0.2) is 5.96 Å². The normalized spacial score (nSPS) is 12.5.